The summed E-state index contributed by atoms with van der Waals surface area (Å²) < 4.78 is 26.3. The summed E-state index contributed by atoms with van der Waals surface area (Å²) in [6.07, 6.45) is 1.38. The van der Waals surface area contributed by atoms with E-state index in [1.165, 1.54) is 16.3 Å². The number of amides is 5. The van der Waals surface area contributed by atoms with Crippen LogP contribution in [0.2, 0.25) is 0 Å². The van der Waals surface area contributed by atoms with Gasteiger partial charge in [-0.2, -0.15) is 0 Å². The second kappa shape index (κ2) is 12.4. The smallest absolute Gasteiger partial charge is 0.315 e. The summed E-state index contributed by atoms with van der Waals surface area (Å²) in [6.45, 7) is 20.3. The van der Waals surface area contributed by atoms with Gasteiger partial charge in [-0.05, 0) is 67.6 Å². The number of piperidine rings is 1. The van der Waals surface area contributed by atoms with Gasteiger partial charge in [-0.3, -0.25) is 19.2 Å². The van der Waals surface area contributed by atoms with Gasteiger partial charge >= 0.3 is 6.03 Å². The number of hydrogen-bond donors (Lipinski definition) is 4. The van der Waals surface area contributed by atoms with Gasteiger partial charge in [0.15, 0.2) is 0 Å². The van der Waals surface area contributed by atoms with Gasteiger partial charge < -0.3 is 26.6 Å². The maximum Gasteiger partial charge on any atom is 0.315 e. The van der Waals surface area contributed by atoms with Gasteiger partial charge in [0, 0.05) is 26.2 Å². The van der Waals surface area contributed by atoms with Crippen molar-refractivity contribution in [2.24, 2.45) is 39.7 Å². The highest BCUT2D eigenvalue weighted by Gasteiger charge is 2.70. The molecule has 3 rings (SSSR count). The van der Waals surface area contributed by atoms with Crippen molar-refractivity contribution in [2.75, 3.05) is 20.1 Å². The van der Waals surface area contributed by atoms with Crippen LogP contribution in [0.1, 0.15) is 89.0 Å². The number of rotatable bonds is 11. The Kier molecular flexibility index (Phi) is 10.1. The van der Waals surface area contributed by atoms with Crippen LogP contribution in [-0.4, -0.2) is 96.2 Å². The van der Waals surface area contributed by atoms with E-state index >= 15 is 0 Å². The lowest BCUT2D eigenvalue weighted by Gasteiger charge is -2.39. The van der Waals surface area contributed by atoms with Crippen LogP contribution in [0.3, 0.4) is 0 Å². The molecule has 3 aliphatic rings. The Bertz CT molecular complexity index is 1350. The number of nitrogens with one attached hydrogen (secondary N) is 3. The fourth-order valence-electron chi connectivity index (χ4n) is 6.54. The monoisotopic (exact) mass is 668 g/mol. The third kappa shape index (κ3) is 7.69. The Balaban J connectivity index is 1.83. The molecule has 2 saturated carbocycles. The Labute approximate surface area is 274 Å². The van der Waals surface area contributed by atoms with Crippen LogP contribution in [-0.2, 0) is 29.2 Å². The van der Waals surface area contributed by atoms with Crippen molar-refractivity contribution in [3.63, 3.8) is 0 Å². The van der Waals surface area contributed by atoms with Gasteiger partial charge in [-0.25, -0.2) is 17.5 Å². The lowest BCUT2D eigenvalue weighted by Crippen LogP contribution is -2.63. The molecule has 1 heterocycles. The SMILES string of the molecule is CN(C[C@@H](NC(=O)N[C@H](C(=O)N1C[C@H]2[C@@H]([C@H]1C(=O)NC(C(=O)C(N)=O)C1CC1)C2(C)C)C(C)(C)C)C(C)(C)C)S(=O)(=O)C(C)(C)C. The van der Waals surface area contributed by atoms with Crippen molar-refractivity contribution in [1.29, 1.82) is 0 Å². The van der Waals surface area contributed by atoms with E-state index in [9.17, 15) is 32.4 Å². The average Bonchev–Trinajstić information content (AvgIpc) is 3.76. The number of carbonyl (C=O) groups excluding carboxylic acids is 5. The van der Waals surface area contributed by atoms with E-state index in [4.69, 9.17) is 5.73 Å². The van der Waals surface area contributed by atoms with Crippen molar-refractivity contribution < 1.29 is 32.4 Å². The van der Waals surface area contributed by atoms with Crippen LogP contribution >= 0.6 is 0 Å². The number of likely N-dealkylation sites (N-methyl/N-ethyl adjacent to an activating group) is 1. The van der Waals surface area contributed by atoms with Crippen LogP contribution in [0.4, 0.5) is 4.79 Å². The minimum absolute atomic E-state index is 0.0175. The normalized spacial score (nSPS) is 24.8. The molecule has 46 heavy (non-hydrogen) atoms. The lowest BCUT2D eigenvalue weighted by molar-refractivity contribution is -0.145. The molecular weight excluding hydrogens is 612 g/mol. The van der Waals surface area contributed by atoms with Gasteiger partial charge in [0.1, 0.15) is 18.1 Å². The predicted octanol–water partition coefficient (Wildman–Crippen LogP) is 1.61. The van der Waals surface area contributed by atoms with Gasteiger partial charge in [0.25, 0.3) is 5.91 Å². The molecule has 1 unspecified atom stereocenters. The maximum atomic E-state index is 14.3. The Hall–Kier alpha value is -2.74. The largest absolute Gasteiger partial charge is 0.363 e. The molecule has 2 aliphatic carbocycles. The molecule has 0 radical (unpaired) electrons. The highest BCUT2D eigenvalue weighted by molar-refractivity contribution is 7.90. The Morgan fingerprint density at radius 3 is 1.89 bits per heavy atom. The summed E-state index contributed by atoms with van der Waals surface area (Å²) >= 11 is 0. The van der Waals surface area contributed by atoms with E-state index in [-0.39, 0.29) is 29.7 Å². The van der Waals surface area contributed by atoms with Crippen molar-refractivity contribution in [2.45, 2.75) is 118 Å². The van der Waals surface area contributed by atoms with E-state index in [1.807, 2.05) is 55.4 Å². The van der Waals surface area contributed by atoms with E-state index in [0.29, 0.717) is 19.4 Å². The molecule has 5 N–H and O–H groups in total. The Morgan fingerprint density at radius 1 is 0.913 bits per heavy atom. The molecular formula is C32H56N6O7S. The number of nitrogens with two attached hydrogens (primary N) is 1. The highest BCUT2D eigenvalue weighted by Crippen LogP contribution is 2.65. The third-order valence-electron chi connectivity index (χ3n) is 10.0. The van der Waals surface area contributed by atoms with Crippen molar-refractivity contribution in [3.05, 3.63) is 0 Å². The first-order valence-electron chi connectivity index (χ1n) is 16.1. The number of hydrogen-bond acceptors (Lipinski definition) is 7. The first-order chi connectivity index (χ1) is 20.6. The zero-order valence-corrected chi connectivity index (χ0v) is 30.4. The number of nitrogens with zero attached hydrogens (tertiary/aromatic N) is 2. The van der Waals surface area contributed by atoms with Crippen LogP contribution in [0, 0.1) is 34.0 Å². The Morgan fingerprint density at radius 2 is 1.46 bits per heavy atom. The molecule has 262 valence electrons. The zero-order chi connectivity index (χ0) is 35.5. The molecule has 5 amide bonds. The van der Waals surface area contributed by atoms with Gasteiger partial charge in [-0.1, -0.05) is 55.4 Å². The second-order valence-corrected chi connectivity index (χ2v) is 20.0. The molecule has 1 saturated heterocycles. The molecule has 0 aromatic carbocycles. The quantitative estimate of drug-likeness (QED) is 0.241. The molecule has 6 atom stereocenters. The molecule has 1 aliphatic heterocycles. The summed E-state index contributed by atoms with van der Waals surface area (Å²) in [5, 5.41) is 8.49. The van der Waals surface area contributed by atoms with Gasteiger partial charge in [0.05, 0.1) is 4.75 Å². The molecule has 13 nitrogen and oxygen atoms in total. The van der Waals surface area contributed by atoms with E-state index in [1.54, 1.807) is 20.8 Å². The summed E-state index contributed by atoms with van der Waals surface area (Å²) in [4.78, 5) is 67.3. The highest BCUT2D eigenvalue weighted by atomic mass is 32.2. The number of urea groups is 1. The van der Waals surface area contributed by atoms with Crippen molar-refractivity contribution in [1.82, 2.24) is 25.2 Å². The second-order valence-electron chi connectivity index (χ2n) is 17.2. The molecule has 0 aromatic rings. The number of fused-ring (bicyclic) bond motifs is 1. The number of sulfonamides is 1. The first-order valence-corrected chi connectivity index (χ1v) is 17.6. The number of primary amides is 1. The summed E-state index contributed by atoms with van der Waals surface area (Å²) in [5.74, 6) is -3.17. The zero-order valence-electron chi connectivity index (χ0n) is 29.6. The predicted molar refractivity (Wildman–Crippen MR) is 175 cm³/mol. The van der Waals surface area contributed by atoms with Crippen LogP contribution in [0.25, 0.3) is 0 Å². The summed E-state index contributed by atoms with van der Waals surface area (Å²) in [5.41, 5.74) is 3.76. The fourth-order valence-corrected chi connectivity index (χ4v) is 7.82. The number of Topliss-reactive ketones (excluding diaryl/α,β-unsaturated/α-hetero) is 1. The van der Waals surface area contributed by atoms with Crippen LogP contribution in [0.15, 0.2) is 0 Å². The molecule has 0 spiro atoms. The van der Waals surface area contributed by atoms with E-state index in [2.05, 4.69) is 16.0 Å². The topological polar surface area (TPSA) is 188 Å². The first kappa shape index (κ1) is 37.7. The minimum Gasteiger partial charge on any atom is -0.363 e. The van der Waals surface area contributed by atoms with Gasteiger partial charge in [0.2, 0.25) is 27.6 Å². The fraction of sp³-hybridized carbons (Fsp3) is 0.844. The standard InChI is InChI=1S/C32H56N6O7S/c1-29(2,3)19(16-37(12)46(44,45)31(7,8)9)34-28(43)36-24(30(4,5)6)27(42)38-15-18-20(32(18,10)11)22(38)26(41)35-21(17-13-14-17)23(39)25(33)40/h17-22,24H,13-16H2,1-12H3,(H2,33,40)(H,35,41)(H2,34,36,43)/t18-,19+,20-,21?,22-,24+/m0/s1. The molecule has 0 bridgehead atoms. The maximum absolute atomic E-state index is 14.3. The van der Waals surface area contributed by atoms with Gasteiger partial charge in [-0.15, -0.1) is 0 Å². The number of likely N-dealkylation sites (tertiary alicyclic amines) is 1. The molecule has 14 heteroatoms. The number of ketones is 1. The lowest BCUT2D eigenvalue weighted by atomic mass is 9.85. The van der Waals surface area contributed by atoms with Crippen molar-refractivity contribution in [3.8, 4) is 0 Å². The third-order valence-corrected chi connectivity index (χ3v) is 12.6. The van der Waals surface area contributed by atoms with Crippen LogP contribution in [0.5, 0.6) is 0 Å². The number of carbonyl (C=O) groups is 5. The van der Waals surface area contributed by atoms with E-state index in [0.717, 1.165) is 0 Å². The molecule has 3 fully saturated rings. The summed E-state index contributed by atoms with van der Waals surface area (Å²) in [7, 11) is -2.19. The van der Waals surface area contributed by atoms with Crippen LogP contribution < -0.4 is 21.7 Å². The van der Waals surface area contributed by atoms with E-state index < -0.39 is 79.3 Å². The minimum atomic E-state index is -3.67. The van der Waals surface area contributed by atoms with Crippen molar-refractivity contribution >= 4 is 39.6 Å². The summed E-state index contributed by atoms with van der Waals surface area (Å²) in [6, 6.07) is -4.19. The molecule has 0 aromatic heterocycles. The average molecular weight is 669 g/mol.